The standard InChI is InChI=1S/C17H26N2O2/c1-12-7-5-6-8-14(12)15-11-19(10-13(15)9-18)16(20)21-17(2,3)4/h5-8,13,15H,9-11,18H2,1-4H3/t13-,15-/m0/s1. The zero-order valence-corrected chi connectivity index (χ0v) is 13.4. The molecule has 2 N–H and O–H groups in total. The molecule has 4 nitrogen and oxygen atoms in total. The quantitative estimate of drug-likeness (QED) is 0.911. The van der Waals surface area contributed by atoms with Gasteiger partial charge >= 0.3 is 6.09 Å². The summed E-state index contributed by atoms with van der Waals surface area (Å²) in [5.74, 6) is 0.585. The molecule has 2 atom stereocenters. The summed E-state index contributed by atoms with van der Waals surface area (Å²) in [6.07, 6.45) is -0.239. The molecule has 0 radical (unpaired) electrons. The molecule has 0 unspecified atom stereocenters. The Balaban J connectivity index is 2.15. The van der Waals surface area contributed by atoms with E-state index in [1.165, 1.54) is 11.1 Å². The van der Waals surface area contributed by atoms with Crippen molar-refractivity contribution >= 4 is 6.09 Å². The molecule has 0 aliphatic carbocycles. The van der Waals surface area contributed by atoms with Crippen LogP contribution in [0.3, 0.4) is 0 Å². The number of hydrogen-bond donors (Lipinski definition) is 1. The number of hydrogen-bond acceptors (Lipinski definition) is 3. The molecule has 4 heteroatoms. The second-order valence-electron chi connectivity index (χ2n) is 6.84. The first-order valence-electron chi connectivity index (χ1n) is 7.55. The normalized spacial score (nSPS) is 22.4. The highest BCUT2D eigenvalue weighted by Gasteiger charge is 2.37. The van der Waals surface area contributed by atoms with Gasteiger partial charge in [-0.3, -0.25) is 0 Å². The monoisotopic (exact) mass is 290 g/mol. The molecule has 2 rings (SSSR count). The van der Waals surface area contributed by atoms with Crippen LogP contribution < -0.4 is 5.73 Å². The van der Waals surface area contributed by atoms with Crippen molar-refractivity contribution < 1.29 is 9.53 Å². The molecular weight excluding hydrogens is 264 g/mol. The number of amides is 1. The van der Waals surface area contributed by atoms with Gasteiger partial charge in [-0.05, 0) is 51.3 Å². The van der Waals surface area contributed by atoms with E-state index in [1.807, 2.05) is 32.9 Å². The van der Waals surface area contributed by atoms with Gasteiger partial charge in [-0.1, -0.05) is 24.3 Å². The Labute approximate surface area is 127 Å². The molecule has 0 bridgehead atoms. The molecule has 1 aromatic rings. The average Bonchev–Trinajstić information content (AvgIpc) is 2.81. The second kappa shape index (κ2) is 6.06. The van der Waals surface area contributed by atoms with Crippen molar-refractivity contribution in [2.45, 2.75) is 39.2 Å². The fraction of sp³-hybridized carbons (Fsp3) is 0.588. The van der Waals surface area contributed by atoms with Crippen LogP contribution in [-0.2, 0) is 4.74 Å². The minimum Gasteiger partial charge on any atom is -0.444 e. The molecule has 21 heavy (non-hydrogen) atoms. The van der Waals surface area contributed by atoms with Gasteiger partial charge in [-0.2, -0.15) is 0 Å². The third-order valence-electron chi connectivity index (χ3n) is 3.98. The van der Waals surface area contributed by atoms with Gasteiger partial charge < -0.3 is 15.4 Å². The van der Waals surface area contributed by atoms with Crippen LogP contribution in [0.5, 0.6) is 0 Å². The first-order valence-corrected chi connectivity index (χ1v) is 7.55. The van der Waals surface area contributed by atoms with Gasteiger partial charge in [0.15, 0.2) is 0 Å². The second-order valence-corrected chi connectivity index (χ2v) is 6.84. The Morgan fingerprint density at radius 1 is 1.33 bits per heavy atom. The Bertz CT molecular complexity index is 508. The third-order valence-corrected chi connectivity index (χ3v) is 3.98. The van der Waals surface area contributed by atoms with Crippen molar-refractivity contribution in [2.75, 3.05) is 19.6 Å². The number of nitrogens with two attached hydrogens (primary N) is 1. The van der Waals surface area contributed by atoms with Crippen LogP contribution in [0.1, 0.15) is 37.8 Å². The van der Waals surface area contributed by atoms with Crippen molar-refractivity contribution in [1.82, 2.24) is 4.90 Å². The first-order chi connectivity index (χ1) is 9.81. The van der Waals surface area contributed by atoms with Gasteiger partial charge in [0.1, 0.15) is 5.60 Å². The number of carbonyl (C=O) groups excluding carboxylic acids is 1. The van der Waals surface area contributed by atoms with Crippen LogP contribution in [0.25, 0.3) is 0 Å². The van der Waals surface area contributed by atoms with E-state index < -0.39 is 5.60 Å². The maximum Gasteiger partial charge on any atom is 0.410 e. The fourth-order valence-corrected chi connectivity index (χ4v) is 2.94. The van der Waals surface area contributed by atoms with Crippen molar-refractivity contribution in [3.8, 4) is 0 Å². The van der Waals surface area contributed by atoms with Gasteiger partial charge in [-0.15, -0.1) is 0 Å². The Hall–Kier alpha value is -1.55. The molecule has 1 aliphatic rings. The summed E-state index contributed by atoms with van der Waals surface area (Å²) in [6.45, 7) is 9.71. The van der Waals surface area contributed by atoms with E-state index in [1.54, 1.807) is 4.90 Å². The lowest BCUT2D eigenvalue weighted by Crippen LogP contribution is -2.35. The van der Waals surface area contributed by atoms with E-state index in [9.17, 15) is 4.79 Å². The molecule has 0 saturated carbocycles. The van der Waals surface area contributed by atoms with Crippen LogP contribution in [0.15, 0.2) is 24.3 Å². The van der Waals surface area contributed by atoms with Gasteiger partial charge in [0.2, 0.25) is 0 Å². The lowest BCUT2D eigenvalue weighted by atomic mass is 9.86. The highest BCUT2D eigenvalue weighted by molar-refractivity contribution is 5.68. The third kappa shape index (κ3) is 3.76. The minimum absolute atomic E-state index is 0.239. The summed E-state index contributed by atoms with van der Waals surface area (Å²) < 4.78 is 5.48. The predicted molar refractivity (Wildman–Crippen MR) is 84.3 cm³/mol. The van der Waals surface area contributed by atoms with Gasteiger partial charge in [0.25, 0.3) is 0 Å². The summed E-state index contributed by atoms with van der Waals surface area (Å²) in [5.41, 5.74) is 8.01. The summed E-state index contributed by atoms with van der Waals surface area (Å²) in [5, 5.41) is 0. The van der Waals surface area contributed by atoms with Crippen molar-refractivity contribution in [2.24, 2.45) is 11.7 Å². The molecule has 0 aromatic heterocycles. The molecular formula is C17H26N2O2. The highest BCUT2D eigenvalue weighted by Crippen LogP contribution is 2.34. The van der Waals surface area contributed by atoms with E-state index in [0.29, 0.717) is 31.5 Å². The topological polar surface area (TPSA) is 55.6 Å². The Morgan fingerprint density at radius 3 is 2.57 bits per heavy atom. The Kier molecular flexibility index (Phi) is 4.57. The van der Waals surface area contributed by atoms with Crippen LogP contribution >= 0.6 is 0 Å². The number of likely N-dealkylation sites (tertiary alicyclic amines) is 1. The van der Waals surface area contributed by atoms with E-state index in [4.69, 9.17) is 10.5 Å². The molecule has 1 heterocycles. The zero-order valence-electron chi connectivity index (χ0n) is 13.4. The van der Waals surface area contributed by atoms with E-state index in [0.717, 1.165) is 0 Å². The van der Waals surface area contributed by atoms with Gasteiger partial charge in [0, 0.05) is 19.0 Å². The summed E-state index contributed by atoms with van der Waals surface area (Å²) in [6, 6.07) is 8.34. The smallest absolute Gasteiger partial charge is 0.410 e. The largest absolute Gasteiger partial charge is 0.444 e. The maximum atomic E-state index is 12.2. The van der Waals surface area contributed by atoms with Crippen LogP contribution in [-0.4, -0.2) is 36.2 Å². The molecule has 1 aliphatic heterocycles. The predicted octanol–water partition coefficient (Wildman–Crippen LogP) is 2.90. The Morgan fingerprint density at radius 2 is 2.00 bits per heavy atom. The van der Waals surface area contributed by atoms with E-state index in [-0.39, 0.29) is 6.09 Å². The molecule has 1 saturated heterocycles. The first kappa shape index (κ1) is 15.8. The van der Waals surface area contributed by atoms with Crippen molar-refractivity contribution in [3.63, 3.8) is 0 Å². The molecule has 0 spiro atoms. The van der Waals surface area contributed by atoms with E-state index >= 15 is 0 Å². The lowest BCUT2D eigenvalue weighted by Gasteiger charge is -2.24. The minimum atomic E-state index is -0.462. The summed E-state index contributed by atoms with van der Waals surface area (Å²) >= 11 is 0. The number of nitrogens with zero attached hydrogens (tertiary/aromatic N) is 1. The summed E-state index contributed by atoms with van der Waals surface area (Å²) in [4.78, 5) is 14.0. The number of aryl methyl sites for hydroxylation is 1. The average molecular weight is 290 g/mol. The summed E-state index contributed by atoms with van der Waals surface area (Å²) in [7, 11) is 0. The maximum absolute atomic E-state index is 12.2. The molecule has 116 valence electrons. The van der Waals surface area contributed by atoms with Crippen LogP contribution in [0, 0.1) is 12.8 Å². The number of benzene rings is 1. The SMILES string of the molecule is Cc1ccccc1[C@H]1CN(C(=O)OC(C)(C)C)C[C@@H]1CN. The highest BCUT2D eigenvalue weighted by atomic mass is 16.6. The zero-order chi connectivity index (χ0) is 15.6. The van der Waals surface area contributed by atoms with E-state index in [2.05, 4.69) is 19.1 Å². The van der Waals surface area contributed by atoms with Crippen molar-refractivity contribution in [1.29, 1.82) is 0 Å². The lowest BCUT2D eigenvalue weighted by molar-refractivity contribution is 0.0287. The fourth-order valence-electron chi connectivity index (χ4n) is 2.94. The number of carbonyl (C=O) groups is 1. The van der Waals surface area contributed by atoms with Crippen LogP contribution in [0.4, 0.5) is 4.79 Å². The molecule has 1 fully saturated rings. The van der Waals surface area contributed by atoms with Crippen LogP contribution in [0.2, 0.25) is 0 Å². The van der Waals surface area contributed by atoms with Gasteiger partial charge in [0.05, 0.1) is 0 Å². The van der Waals surface area contributed by atoms with Crippen molar-refractivity contribution in [3.05, 3.63) is 35.4 Å². The number of ether oxygens (including phenoxy) is 1. The molecule has 1 amide bonds. The molecule has 1 aromatic carbocycles. The van der Waals surface area contributed by atoms with Gasteiger partial charge in [-0.25, -0.2) is 4.79 Å². The number of rotatable bonds is 2.